The first-order chi connectivity index (χ1) is 16.6. The highest BCUT2D eigenvalue weighted by Gasteiger charge is 2.37. The Balaban J connectivity index is 1.43. The van der Waals surface area contributed by atoms with Gasteiger partial charge in [-0.25, -0.2) is 0 Å². The molecule has 1 aliphatic rings. The van der Waals surface area contributed by atoms with Crippen molar-refractivity contribution in [3.63, 3.8) is 0 Å². The predicted molar refractivity (Wildman–Crippen MR) is 135 cm³/mol. The van der Waals surface area contributed by atoms with Crippen molar-refractivity contribution < 1.29 is 14.3 Å². The third-order valence-electron chi connectivity index (χ3n) is 5.95. The Bertz CT molecular complexity index is 1040. The minimum Gasteiger partial charge on any atom is -0.455 e. The van der Waals surface area contributed by atoms with Crippen LogP contribution in [-0.2, 0) is 16.1 Å². The molecule has 0 spiro atoms. The Kier molecular flexibility index (Phi) is 8.31. The van der Waals surface area contributed by atoms with E-state index in [0.717, 1.165) is 30.9 Å². The van der Waals surface area contributed by atoms with Gasteiger partial charge in [0.2, 0.25) is 5.91 Å². The summed E-state index contributed by atoms with van der Waals surface area (Å²) >= 11 is 0. The summed E-state index contributed by atoms with van der Waals surface area (Å²) < 4.78 is 12.2. The van der Waals surface area contributed by atoms with E-state index in [1.165, 1.54) is 0 Å². The first-order valence-electron chi connectivity index (χ1n) is 11.8. The summed E-state index contributed by atoms with van der Waals surface area (Å²) in [4.78, 5) is 17.8. The van der Waals surface area contributed by atoms with Crippen molar-refractivity contribution in [3.8, 4) is 11.5 Å². The fraction of sp³-hybridized carbons (Fsp3) is 0.321. The molecule has 0 bridgehead atoms. The molecule has 2 atom stereocenters. The van der Waals surface area contributed by atoms with Crippen LogP contribution in [0, 0.1) is 0 Å². The van der Waals surface area contributed by atoms with Gasteiger partial charge in [-0.1, -0.05) is 60.7 Å². The van der Waals surface area contributed by atoms with Crippen LogP contribution in [0.15, 0.2) is 84.9 Å². The van der Waals surface area contributed by atoms with Crippen molar-refractivity contribution in [1.82, 2.24) is 9.80 Å². The van der Waals surface area contributed by atoms with Crippen LogP contribution >= 0.6 is 0 Å². The highest BCUT2D eigenvalue weighted by Crippen LogP contribution is 2.30. The van der Waals surface area contributed by atoms with Crippen LogP contribution in [0.3, 0.4) is 0 Å². The van der Waals surface area contributed by atoms with Crippen LogP contribution in [0.25, 0.3) is 0 Å². The van der Waals surface area contributed by atoms with E-state index in [0.29, 0.717) is 24.5 Å². The fourth-order valence-corrected chi connectivity index (χ4v) is 4.11. The van der Waals surface area contributed by atoms with Gasteiger partial charge >= 0.3 is 0 Å². The van der Waals surface area contributed by atoms with E-state index in [4.69, 9.17) is 9.47 Å². The second-order valence-corrected chi connectivity index (χ2v) is 8.87. The summed E-state index contributed by atoms with van der Waals surface area (Å²) in [6, 6.07) is 27.0. The van der Waals surface area contributed by atoms with Gasteiger partial charge in [-0.3, -0.25) is 9.69 Å². The number of rotatable bonds is 10. The number of nitrogens with one attached hydrogen (secondary N) is 1. The second-order valence-electron chi connectivity index (χ2n) is 8.87. The first kappa shape index (κ1) is 24.0. The zero-order valence-electron chi connectivity index (χ0n) is 19.9. The lowest BCUT2D eigenvalue weighted by Crippen LogP contribution is -2.42. The van der Waals surface area contributed by atoms with Crippen LogP contribution in [0.1, 0.15) is 12.0 Å². The lowest BCUT2D eigenvalue weighted by molar-refractivity contribution is -0.120. The summed E-state index contributed by atoms with van der Waals surface area (Å²) in [6.45, 7) is 2.97. The number of para-hydroxylation sites is 3. The molecule has 1 unspecified atom stereocenters. The molecule has 0 saturated carbocycles. The number of likely N-dealkylation sites (N-methyl/N-ethyl adjacent to an activating group) is 1. The number of hydrogen-bond acceptors (Lipinski definition) is 5. The van der Waals surface area contributed by atoms with Crippen molar-refractivity contribution in [2.24, 2.45) is 0 Å². The molecule has 6 heteroatoms. The molecule has 0 radical (unpaired) electrons. The normalized spacial score (nSPS) is 18.2. The minimum atomic E-state index is -0.259. The maximum Gasteiger partial charge on any atom is 0.241 e. The van der Waals surface area contributed by atoms with Crippen molar-refractivity contribution in [1.29, 1.82) is 0 Å². The third-order valence-corrected chi connectivity index (χ3v) is 5.95. The topological polar surface area (TPSA) is 54.0 Å². The zero-order chi connectivity index (χ0) is 23.8. The molecule has 34 heavy (non-hydrogen) atoms. The number of carbonyl (C=O) groups is 1. The van der Waals surface area contributed by atoms with E-state index >= 15 is 0 Å². The molecule has 1 saturated heterocycles. The molecular formula is C28H33N3O3. The number of benzene rings is 3. The Morgan fingerprint density at radius 3 is 2.38 bits per heavy atom. The largest absolute Gasteiger partial charge is 0.455 e. The number of amides is 1. The molecule has 6 nitrogen and oxygen atoms in total. The average Bonchev–Trinajstić information content (AvgIpc) is 3.27. The third kappa shape index (κ3) is 6.67. The fourth-order valence-electron chi connectivity index (χ4n) is 4.11. The van der Waals surface area contributed by atoms with E-state index < -0.39 is 0 Å². The van der Waals surface area contributed by atoms with E-state index in [-0.39, 0.29) is 18.1 Å². The number of anilines is 1. The molecule has 1 amide bonds. The van der Waals surface area contributed by atoms with Gasteiger partial charge in [-0.2, -0.15) is 0 Å². The van der Waals surface area contributed by atoms with Gasteiger partial charge in [-0.15, -0.1) is 0 Å². The maximum atomic E-state index is 13.4. The predicted octanol–water partition coefficient (Wildman–Crippen LogP) is 4.64. The van der Waals surface area contributed by atoms with Crippen LogP contribution in [0.4, 0.5) is 5.69 Å². The molecular weight excluding hydrogens is 426 g/mol. The number of likely N-dealkylation sites (tertiary alicyclic amines) is 1. The van der Waals surface area contributed by atoms with Crippen LogP contribution in [0.2, 0.25) is 0 Å². The molecule has 0 aromatic heterocycles. The summed E-state index contributed by atoms with van der Waals surface area (Å²) in [6.07, 6.45) is 0.669. The molecule has 3 aromatic carbocycles. The van der Waals surface area contributed by atoms with Gasteiger partial charge in [0.25, 0.3) is 0 Å². The van der Waals surface area contributed by atoms with Crippen molar-refractivity contribution >= 4 is 11.6 Å². The zero-order valence-corrected chi connectivity index (χ0v) is 19.9. The Hall–Kier alpha value is -3.19. The first-order valence-corrected chi connectivity index (χ1v) is 11.8. The van der Waals surface area contributed by atoms with Gasteiger partial charge in [0, 0.05) is 19.6 Å². The molecule has 0 aliphatic carbocycles. The van der Waals surface area contributed by atoms with Gasteiger partial charge in [-0.05, 0) is 50.3 Å². The lowest BCUT2D eigenvalue weighted by atomic mass is 10.1. The summed E-state index contributed by atoms with van der Waals surface area (Å²) in [5, 5.41) is 3.11. The van der Waals surface area contributed by atoms with Crippen LogP contribution < -0.4 is 10.1 Å². The van der Waals surface area contributed by atoms with Gasteiger partial charge in [0.05, 0.1) is 24.4 Å². The van der Waals surface area contributed by atoms with E-state index in [1.54, 1.807) is 0 Å². The van der Waals surface area contributed by atoms with Crippen LogP contribution in [-0.4, -0.2) is 61.6 Å². The van der Waals surface area contributed by atoms with Crippen molar-refractivity contribution in [3.05, 3.63) is 90.5 Å². The second kappa shape index (κ2) is 11.8. The minimum absolute atomic E-state index is 0.00827. The summed E-state index contributed by atoms with van der Waals surface area (Å²) in [7, 11) is 4.09. The van der Waals surface area contributed by atoms with Crippen molar-refractivity contribution in [2.75, 3.05) is 39.0 Å². The lowest BCUT2D eigenvalue weighted by Gasteiger charge is -2.25. The van der Waals surface area contributed by atoms with Crippen LogP contribution in [0.5, 0.6) is 11.5 Å². The van der Waals surface area contributed by atoms with Gasteiger partial charge in [0.1, 0.15) is 5.75 Å². The molecule has 4 rings (SSSR count). The maximum absolute atomic E-state index is 13.4. The standard InChI is InChI=1S/C28H33N3O3/c1-30(2)17-18-31-20-24(33-21-22-11-5-3-6-12-22)19-26(31)28(32)29-25-15-9-10-16-27(25)34-23-13-7-4-8-14-23/h3-16,24,26H,17-21H2,1-2H3,(H,29,32)/t24-,26?/m1/s1. The highest BCUT2D eigenvalue weighted by molar-refractivity contribution is 5.96. The molecule has 1 aliphatic heterocycles. The number of nitrogens with zero attached hydrogens (tertiary/aromatic N) is 2. The summed E-state index contributed by atoms with van der Waals surface area (Å²) in [5.74, 6) is 1.32. The number of carbonyl (C=O) groups excluding carboxylic acids is 1. The highest BCUT2D eigenvalue weighted by atomic mass is 16.5. The molecule has 3 aromatic rings. The number of hydrogen-bond donors (Lipinski definition) is 1. The van der Waals surface area contributed by atoms with E-state index in [9.17, 15) is 4.79 Å². The van der Waals surface area contributed by atoms with Gasteiger partial charge < -0.3 is 19.7 Å². The van der Waals surface area contributed by atoms with E-state index in [1.807, 2.05) is 86.9 Å². The molecule has 178 valence electrons. The van der Waals surface area contributed by atoms with E-state index in [2.05, 4.69) is 27.2 Å². The van der Waals surface area contributed by atoms with Gasteiger partial charge in [0.15, 0.2) is 5.75 Å². The average molecular weight is 460 g/mol. The Morgan fingerprint density at radius 1 is 0.971 bits per heavy atom. The molecule has 1 N–H and O–H groups in total. The summed E-state index contributed by atoms with van der Waals surface area (Å²) in [5.41, 5.74) is 1.81. The molecule has 1 heterocycles. The monoisotopic (exact) mass is 459 g/mol. The van der Waals surface area contributed by atoms with Crippen molar-refractivity contribution in [2.45, 2.75) is 25.2 Å². The Morgan fingerprint density at radius 2 is 1.65 bits per heavy atom. The quantitative estimate of drug-likeness (QED) is 0.479. The molecule has 1 fully saturated rings. The number of ether oxygens (including phenoxy) is 2. The Labute approximate surface area is 202 Å². The SMILES string of the molecule is CN(C)CCN1C[C@H](OCc2ccccc2)CC1C(=O)Nc1ccccc1Oc1ccccc1. The smallest absolute Gasteiger partial charge is 0.241 e.